The number of methoxy groups -OCH3 is 1. The summed E-state index contributed by atoms with van der Waals surface area (Å²) in [5.41, 5.74) is -1.87. The predicted octanol–water partition coefficient (Wildman–Crippen LogP) is 3.38. The summed E-state index contributed by atoms with van der Waals surface area (Å²) < 4.78 is 46.1. The van der Waals surface area contributed by atoms with Crippen molar-refractivity contribution in [1.82, 2.24) is 15.2 Å². The summed E-state index contributed by atoms with van der Waals surface area (Å²) in [7, 11) is 1.62. The Morgan fingerprint density at radius 1 is 1.32 bits per heavy atom. The molecule has 0 spiro atoms. The van der Waals surface area contributed by atoms with Crippen LogP contribution in [0.3, 0.4) is 0 Å². The summed E-state index contributed by atoms with van der Waals surface area (Å²) in [5, 5.41) is 13.9. The first kappa shape index (κ1) is 23.5. The van der Waals surface area contributed by atoms with Gasteiger partial charge >= 0.3 is 6.18 Å². The molecule has 2 N–H and O–H groups in total. The number of aryl methyl sites for hydroxylation is 1. The summed E-state index contributed by atoms with van der Waals surface area (Å²) in [6, 6.07) is 7.49. The molecular formula is C21H26F3N3O3S. The van der Waals surface area contributed by atoms with Gasteiger partial charge in [-0.25, -0.2) is 4.98 Å². The van der Waals surface area contributed by atoms with Crippen LogP contribution in [0.15, 0.2) is 29.6 Å². The molecule has 0 saturated carbocycles. The van der Waals surface area contributed by atoms with Crippen molar-refractivity contribution in [2.75, 3.05) is 20.2 Å². The number of piperidine rings is 1. The number of nitrogens with zero attached hydrogens (tertiary/aromatic N) is 2. The Bertz CT molecular complexity index is 897. The molecule has 3 rings (SSSR count). The van der Waals surface area contributed by atoms with Crippen molar-refractivity contribution in [3.8, 4) is 5.75 Å². The molecule has 2 heterocycles. The largest absolute Gasteiger partial charge is 0.496 e. The molecule has 170 valence electrons. The minimum absolute atomic E-state index is 0.239. The highest BCUT2D eigenvalue weighted by molar-refractivity contribution is 7.09. The molecule has 10 heteroatoms. The van der Waals surface area contributed by atoms with Crippen LogP contribution in [0, 0.1) is 6.92 Å². The smallest absolute Gasteiger partial charge is 0.424 e. The lowest BCUT2D eigenvalue weighted by atomic mass is 9.98. The molecule has 1 aromatic carbocycles. The number of ether oxygens (including phenoxy) is 1. The van der Waals surface area contributed by atoms with Crippen LogP contribution in [0.4, 0.5) is 13.2 Å². The SMILES string of the molecule is COc1ccccc1CN1CCC(NC(=O)CC(O)(c2nc(C)cs2)C(F)(F)F)CC1. The number of rotatable bonds is 7. The molecule has 0 aliphatic carbocycles. The fourth-order valence-electron chi connectivity index (χ4n) is 3.66. The van der Waals surface area contributed by atoms with Crippen LogP contribution in [0.2, 0.25) is 0 Å². The summed E-state index contributed by atoms with van der Waals surface area (Å²) in [5.74, 6) is -0.0300. The van der Waals surface area contributed by atoms with E-state index in [1.165, 1.54) is 12.3 Å². The lowest BCUT2D eigenvalue weighted by molar-refractivity contribution is -0.267. The average molecular weight is 458 g/mol. The number of aromatic nitrogens is 1. The van der Waals surface area contributed by atoms with Crippen LogP contribution in [0.5, 0.6) is 5.75 Å². The Morgan fingerprint density at radius 2 is 2.00 bits per heavy atom. The number of likely N-dealkylation sites (tertiary alicyclic amines) is 1. The maximum atomic E-state index is 13.6. The van der Waals surface area contributed by atoms with E-state index in [4.69, 9.17) is 4.74 Å². The van der Waals surface area contributed by atoms with Crippen molar-refractivity contribution in [2.45, 2.75) is 50.6 Å². The Labute approximate surface area is 183 Å². The van der Waals surface area contributed by atoms with Gasteiger partial charge in [-0.1, -0.05) is 18.2 Å². The molecule has 0 radical (unpaired) electrons. The zero-order valence-corrected chi connectivity index (χ0v) is 18.2. The third kappa shape index (κ3) is 5.55. The van der Waals surface area contributed by atoms with E-state index < -0.39 is 29.1 Å². The second-order valence-electron chi connectivity index (χ2n) is 7.76. The quantitative estimate of drug-likeness (QED) is 0.667. The molecule has 1 aromatic heterocycles. The fourth-order valence-corrected chi connectivity index (χ4v) is 4.58. The lowest BCUT2D eigenvalue weighted by Crippen LogP contribution is -2.49. The minimum Gasteiger partial charge on any atom is -0.496 e. The summed E-state index contributed by atoms with van der Waals surface area (Å²) in [6.07, 6.45) is -4.89. The number of thiazole rings is 1. The van der Waals surface area contributed by atoms with Gasteiger partial charge in [-0.15, -0.1) is 11.3 Å². The van der Waals surface area contributed by atoms with Gasteiger partial charge in [0.05, 0.1) is 13.5 Å². The van der Waals surface area contributed by atoms with E-state index in [9.17, 15) is 23.1 Å². The van der Waals surface area contributed by atoms with Crippen molar-refractivity contribution in [3.05, 3.63) is 45.9 Å². The van der Waals surface area contributed by atoms with Crippen LogP contribution in [0.25, 0.3) is 0 Å². The van der Waals surface area contributed by atoms with Crippen molar-refractivity contribution in [2.24, 2.45) is 0 Å². The Kier molecular flexibility index (Phi) is 7.23. The monoisotopic (exact) mass is 457 g/mol. The maximum absolute atomic E-state index is 13.6. The number of amides is 1. The van der Waals surface area contributed by atoms with E-state index in [2.05, 4.69) is 15.2 Å². The van der Waals surface area contributed by atoms with Gasteiger partial charge in [-0.05, 0) is 25.8 Å². The summed E-state index contributed by atoms with van der Waals surface area (Å²) in [4.78, 5) is 18.4. The number of carbonyl (C=O) groups is 1. The number of carbonyl (C=O) groups excluding carboxylic acids is 1. The zero-order valence-electron chi connectivity index (χ0n) is 17.4. The number of halogens is 3. The second kappa shape index (κ2) is 9.54. The Balaban J connectivity index is 1.55. The molecule has 1 atom stereocenters. The van der Waals surface area contributed by atoms with Crippen molar-refractivity contribution < 1.29 is 27.8 Å². The normalized spacial score (nSPS) is 17.9. The van der Waals surface area contributed by atoms with Gasteiger partial charge in [0, 0.05) is 42.3 Å². The van der Waals surface area contributed by atoms with Crippen LogP contribution >= 0.6 is 11.3 Å². The number of hydrogen-bond acceptors (Lipinski definition) is 6. The number of alkyl halides is 3. The van der Waals surface area contributed by atoms with E-state index in [0.717, 1.165) is 11.3 Å². The number of aliphatic hydroxyl groups is 1. The van der Waals surface area contributed by atoms with Crippen molar-refractivity contribution in [3.63, 3.8) is 0 Å². The van der Waals surface area contributed by atoms with Gasteiger partial charge in [-0.2, -0.15) is 13.2 Å². The first-order valence-corrected chi connectivity index (χ1v) is 10.9. The second-order valence-corrected chi connectivity index (χ2v) is 8.62. The van der Waals surface area contributed by atoms with Gasteiger partial charge in [0.2, 0.25) is 11.5 Å². The van der Waals surface area contributed by atoms with E-state index in [1.54, 1.807) is 7.11 Å². The highest BCUT2D eigenvalue weighted by Gasteiger charge is 2.58. The number of para-hydroxylation sites is 1. The van der Waals surface area contributed by atoms with E-state index >= 15 is 0 Å². The predicted molar refractivity (Wildman–Crippen MR) is 111 cm³/mol. The molecule has 1 saturated heterocycles. The average Bonchev–Trinajstić information content (AvgIpc) is 3.16. The maximum Gasteiger partial charge on any atom is 0.424 e. The Hall–Kier alpha value is -2.17. The molecular weight excluding hydrogens is 431 g/mol. The molecule has 0 bridgehead atoms. The molecule has 6 nitrogen and oxygen atoms in total. The fraction of sp³-hybridized carbons (Fsp3) is 0.524. The molecule has 1 fully saturated rings. The molecule has 2 aromatic rings. The van der Waals surface area contributed by atoms with Gasteiger partial charge < -0.3 is 15.2 Å². The van der Waals surface area contributed by atoms with E-state index in [1.807, 2.05) is 24.3 Å². The topological polar surface area (TPSA) is 74.7 Å². The highest BCUT2D eigenvalue weighted by Crippen LogP contribution is 2.42. The van der Waals surface area contributed by atoms with Crippen LogP contribution < -0.4 is 10.1 Å². The molecule has 1 aliphatic heterocycles. The summed E-state index contributed by atoms with van der Waals surface area (Å²) >= 11 is 0.698. The number of benzene rings is 1. The molecule has 31 heavy (non-hydrogen) atoms. The third-order valence-corrected chi connectivity index (χ3v) is 6.51. The van der Waals surface area contributed by atoms with Gasteiger partial charge in [-0.3, -0.25) is 9.69 Å². The van der Waals surface area contributed by atoms with E-state index in [-0.39, 0.29) is 6.04 Å². The number of nitrogens with one attached hydrogen (secondary N) is 1. The third-order valence-electron chi connectivity index (χ3n) is 5.40. The van der Waals surface area contributed by atoms with Crippen molar-refractivity contribution >= 4 is 17.2 Å². The van der Waals surface area contributed by atoms with Gasteiger partial charge in [0.1, 0.15) is 10.8 Å². The first-order chi connectivity index (χ1) is 14.6. The minimum atomic E-state index is -5.01. The van der Waals surface area contributed by atoms with Crippen LogP contribution in [0.1, 0.15) is 35.5 Å². The van der Waals surface area contributed by atoms with Gasteiger partial charge in [0.15, 0.2) is 0 Å². The molecule has 1 unspecified atom stereocenters. The molecule has 1 amide bonds. The van der Waals surface area contributed by atoms with Crippen LogP contribution in [-0.4, -0.2) is 53.3 Å². The molecule has 1 aliphatic rings. The highest BCUT2D eigenvalue weighted by atomic mass is 32.1. The van der Waals surface area contributed by atoms with Gasteiger partial charge in [0.25, 0.3) is 0 Å². The lowest BCUT2D eigenvalue weighted by Gasteiger charge is -2.33. The number of hydrogen-bond donors (Lipinski definition) is 2. The van der Waals surface area contributed by atoms with Crippen molar-refractivity contribution in [1.29, 1.82) is 0 Å². The van der Waals surface area contributed by atoms with E-state index in [0.29, 0.717) is 49.5 Å². The standard InChI is InChI=1S/C21H26F3N3O3S/c1-14-13-31-19(25-14)20(29,21(22,23)24)11-18(28)26-16-7-9-27(10-8-16)12-15-5-3-4-6-17(15)30-2/h3-6,13,16,29H,7-12H2,1-2H3,(H,26,28). The summed E-state index contributed by atoms with van der Waals surface area (Å²) in [6.45, 7) is 3.62. The Morgan fingerprint density at radius 3 is 2.58 bits per heavy atom. The van der Waals surface area contributed by atoms with Crippen LogP contribution in [-0.2, 0) is 16.9 Å². The zero-order chi connectivity index (χ0) is 22.6. The first-order valence-electron chi connectivity index (χ1n) is 9.97.